The molecule has 3 heterocycles. The van der Waals surface area contributed by atoms with Crippen LogP contribution < -0.4 is 16.4 Å². The first kappa shape index (κ1) is 33.2. The first-order valence-electron chi connectivity index (χ1n) is 20.0. The van der Waals surface area contributed by atoms with Gasteiger partial charge in [-0.3, -0.25) is 0 Å². The van der Waals surface area contributed by atoms with Crippen LogP contribution in [0.1, 0.15) is 0 Å². The van der Waals surface area contributed by atoms with Crippen LogP contribution in [0.4, 0.5) is 0 Å². The first-order chi connectivity index (χ1) is 28.8. The number of para-hydroxylation sites is 3. The normalized spacial score (nSPS) is 12.4. The molecular weight excluding hydrogens is 719 g/mol. The molecule has 0 bridgehead atoms. The summed E-state index contributed by atoms with van der Waals surface area (Å²) < 4.78 is 4.91. The lowest BCUT2D eigenvalue weighted by Gasteiger charge is -2.30. The summed E-state index contributed by atoms with van der Waals surface area (Å²) in [4.78, 5) is 2.59. The fourth-order valence-electron chi connectivity index (χ4n) is 9.58. The molecule has 0 saturated heterocycles. The van der Waals surface area contributed by atoms with Gasteiger partial charge in [0.25, 0.3) is 0 Å². The average molecular weight is 755 g/mol. The molecule has 1 aliphatic rings. The van der Waals surface area contributed by atoms with Crippen molar-refractivity contribution in [3.63, 3.8) is 0 Å². The van der Waals surface area contributed by atoms with E-state index in [9.17, 15) is 0 Å². The van der Waals surface area contributed by atoms with Gasteiger partial charge in [0.1, 0.15) is 0 Å². The van der Waals surface area contributed by atoms with Crippen molar-refractivity contribution in [3.8, 4) is 33.6 Å². The molecule has 0 unspecified atom stereocenters. The van der Waals surface area contributed by atoms with Gasteiger partial charge in [0.2, 0.25) is 6.71 Å². The fourth-order valence-corrected chi connectivity index (χ4v) is 10.7. The molecule has 270 valence electrons. The number of benzene rings is 9. The van der Waals surface area contributed by atoms with E-state index in [0.717, 1.165) is 11.4 Å². The maximum absolute atomic E-state index is 2.49. The summed E-state index contributed by atoms with van der Waals surface area (Å²) in [5, 5.41) is 5.05. The molecule has 2 aromatic heterocycles. The van der Waals surface area contributed by atoms with Crippen molar-refractivity contribution < 1.29 is 0 Å². The standard InChI is InChI=1S/C54H35BN2S/c1-4-17-36(18-5-1)40-25-16-26-41(37-19-6-2-7-20-37)54(40)55-46-27-12-15-30-52(46)58-53-33-39(31-32-47(53)55)57-49-29-14-11-24-43(49)45-34-44-42-23-10-13-28-48(42)56(50(44)35-51(45)57)38-21-8-3-9-22-38/h1-35H. The number of aromatic nitrogens is 2. The molecule has 0 aliphatic carbocycles. The highest BCUT2D eigenvalue weighted by Crippen LogP contribution is 2.41. The summed E-state index contributed by atoms with van der Waals surface area (Å²) in [7, 11) is 0. The number of hydrogen-bond acceptors (Lipinski definition) is 1. The van der Waals surface area contributed by atoms with E-state index in [1.807, 2.05) is 11.8 Å². The summed E-state index contributed by atoms with van der Waals surface area (Å²) in [6.07, 6.45) is 0. The third-order valence-electron chi connectivity index (χ3n) is 12.1. The van der Waals surface area contributed by atoms with E-state index in [-0.39, 0.29) is 6.71 Å². The first-order valence-corrected chi connectivity index (χ1v) is 20.8. The Labute approximate surface area is 341 Å². The molecule has 0 amide bonds. The second-order valence-electron chi connectivity index (χ2n) is 15.2. The van der Waals surface area contributed by atoms with E-state index in [4.69, 9.17) is 0 Å². The van der Waals surface area contributed by atoms with E-state index in [0.29, 0.717) is 0 Å². The van der Waals surface area contributed by atoms with Gasteiger partial charge in [-0.2, -0.15) is 0 Å². The van der Waals surface area contributed by atoms with Gasteiger partial charge >= 0.3 is 0 Å². The van der Waals surface area contributed by atoms with Crippen LogP contribution in [0.25, 0.3) is 77.2 Å². The van der Waals surface area contributed by atoms with Crippen molar-refractivity contribution >= 4 is 78.5 Å². The third-order valence-corrected chi connectivity index (χ3v) is 13.2. The smallest absolute Gasteiger partial charge is 0.245 e. The van der Waals surface area contributed by atoms with Crippen LogP contribution in [0.3, 0.4) is 0 Å². The molecule has 4 heteroatoms. The molecule has 0 atom stereocenters. The van der Waals surface area contributed by atoms with Crippen LogP contribution >= 0.6 is 11.8 Å². The van der Waals surface area contributed by atoms with Crippen LogP contribution in [-0.2, 0) is 0 Å². The van der Waals surface area contributed by atoms with E-state index < -0.39 is 0 Å². The predicted molar refractivity (Wildman–Crippen MR) is 248 cm³/mol. The third kappa shape index (κ3) is 5.08. The van der Waals surface area contributed by atoms with Crippen LogP contribution in [0, 0.1) is 0 Å². The molecule has 0 spiro atoms. The minimum atomic E-state index is 0.0347. The SMILES string of the molecule is c1ccc(-c2cccc(-c3ccccc3)c2B2c3ccccc3Sc3cc(-n4c5ccccc5c5cc6c7ccccc7n(-c7ccccc7)c6cc54)ccc32)cc1. The largest absolute Gasteiger partial charge is 0.309 e. The highest BCUT2D eigenvalue weighted by Gasteiger charge is 2.35. The van der Waals surface area contributed by atoms with Gasteiger partial charge in [-0.25, -0.2) is 0 Å². The minimum Gasteiger partial charge on any atom is -0.309 e. The molecule has 0 saturated carbocycles. The van der Waals surface area contributed by atoms with Gasteiger partial charge in [0.05, 0.1) is 22.1 Å². The Morgan fingerprint density at radius 2 is 0.845 bits per heavy atom. The maximum atomic E-state index is 2.49. The van der Waals surface area contributed by atoms with Crippen molar-refractivity contribution in [1.82, 2.24) is 9.13 Å². The van der Waals surface area contributed by atoms with Gasteiger partial charge in [-0.1, -0.05) is 186 Å². The van der Waals surface area contributed by atoms with Gasteiger partial charge in [0, 0.05) is 42.7 Å². The summed E-state index contributed by atoms with van der Waals surface area (Å²) in [6, 6.07) is 78.2. The maximum Gasteiger partial charge on any atom is 0.245 e. The van der Waals surface area contributed by atoms with Gasteiger partial charge < -0.3 is 9.13 Å². The molecule has 9 aromatic carbocycles. The summed E-state index contributed by atoms with van der Waals surface area (Å²) in [5.74, 6) is 0. The minimum absolute atomic E-state index is 0.0347. The zero-order valence-corrected chi connectivity index (χ0v) is 32.4. The van der Waals surface area contributed by atoms with Crippen molar-refractivity contribution in [2.24, 2.45) is 0 Å². The van der Waals surface area contributed by atoms with Crippen LogP contribution in [0.5, 0.6) is 0 Å². The molecular formula is C54H35BN2S. The van der Waals surface area contributed by atoms with E-state index in [1.165, 1.54) is 92.0 Å². The molecule has 58 heavy (non-hydrogen) atoms. The molecule has 12 rings (SSSR count). The summed E-state index contributed by atoms with van der Waals surface area (Å²) in [6.45, 7) is 0.0347. The van der Waals surface area contributed by atoms with Crippen molar-refractivity contribution in [3.05, 3.63) is 212 Å². The average Bonchev–Trinajstić information content (AvgIpc) is 3.80. The second-order valence-corrected chi connectivity index (χ2v) is 16.3. The van der Waals surface area contributed by atoms with Crippen molar-refractivity contribution in [2.75, 3.05) is 0 Å². The molecule has 0 N–H and O–H groups in total. The topological polar surface area (TPSA) is 9.86 Å². The molecule has 2 nitrogen and oxygen atoms in total. The summed E-state index contributed by atoms with van der Waals surface area (Å²) in [5.41, 5.74) is 16.2. The lowest BCUT2D eigenvalue weighted by atomic mass is 9.35. The Bertz CT molecular complexity index is 3310. The molecule has 0 fully saturated rings. The Morgan fingerprint density at radius 1 is 0.328 bits per heavy atom. The highest BCUT2D eigenvalue weighted by atomic mass is 32.2. The zero-order chi connectivity index (χ0) is 38.2. The Kier molecular flexibility index (Phi) is 7.60. The number of nitrogens with zero attached hydrogens (tertiary/aromatic N) is 2. The Balaban J connectivity index is 1.12. The van der Waals surface area contributed by atoms with Gasteiger partial charge in [-0.05, 0) is 76.9 Å². The van der Waals surface area contributed by atoms with E-state index in [2.05, 4.69) is 221 Å². The molecule has 11 aromatic rings. The Hall–Kier alpha value is -7.01. The molecule has 1 aliphatic heterocycles. The monoisotopic (exact) mass is 754 g/mol. The lowest BCUT2D eigenvalue weighted by Crippen LogP contribution is -2.56. The quantitative estimate of drug-likeness (QED) is 0.159. The number of rotatable bonds is 5. The van der Waals surface area contributed by atoms with Gasteiger partial charge in [-0.15, -0.1) is 0 Å². The summed E-state index contributed by atoms with van der Waals surface area (Å²) >= 11 is 1.89. The Morgan fingerprint density at radius 3 is 1.48 bits per heavy atom. The number of fused-ring (bicyclic) bond motifs is 8. The van der Waals surface area contributed by atoms with Crippen LogP contribution in [-0.4, -0.2) is 15.8 Å². The zero-order valence-electron chi connectivity index (χ0n) is 31.6. The van der Waals surface area contributed by atoms with E-state index >= 15 is 0 Å². The van der Waals surface area contributed by atoms with Crippen molar-refractivity contribution in [2.45, 2.75) is 9.79 Å². The number of hydrogen-bond donors (Lipinski definition) is 0. The molecule has 0 radical (unpaired) electrons. The van der Waals surface area contributed by atoms with Crippen molar-refractivity contribution in [1.29, 1.82) is 0 Å². The van der Waals surface area contributed by atoms with Gasteiger partial charge in [0.15, 0.2) is 0 Å². The predicted octanol–water partition coefficient (Wildman–Crippen LogP) is 12.2. The van der Waals surface area contributed by atoms with E-state index in [1.54, 1.807) is 0 Å². The lowest BCUT2D eigenvalue weighted by molar-refractivity contribution is 1.16. The second kappa shape index (κ2) is 13.3. The fraction of sp³-hybridized carbons (Fsp3) is 0. The highest BCUT2D eigenvalue weighted by molar-refractivity contribution is 8.00. The van der Waals surface area contributed by atoms with Crippen LogP contribution in [0.2, 0.25) is 0 Å². The van der Waals surface area contributed by atoms with Crippen LogP contribution in [0.15, 0.2) is 222 Å².